The molecule has 4 rings (SSSR count). The summed E-state index contributed by atoms with van der Waals surface area (Å²) in [6, 6.07) is 20.2. The molecule has 7 heteroatoms. The van der Waals surface area contributed by atoms with E-state index in [0.29, 0.717) is 5.69 Å². The molecule has 2 amide bonds. The molecule has 0 spiro atoms. The highest BCUT2D eigenvalue weighted by Crippen LogP contribution is 2.37. The molecule has 0 fully saturated rings. The van der Waals surface area contributed by atoms with E-state index in [-0.39, 0.29) is 29.6 Å². The first-order valence-electron chi connectivity index (χ1n) is 9.45. The zero-order valence-electron chi connectivity index (χ0n) is 16.2. The fraction of sp³-hybridized carbons (Fsp3) is 0.130. The van der Waals surface area contributed by atoms with Crippen LogP contribution in [0, 0.1) is 17.0 Å². The van der Waals surface area contributed by atoms with Crippen molar-refractivity contribution in [3.63, 3.8) is 0 Å². The molecule has 0 bridgehead atoms. The van der Waals surface area contributed by atoms with Crippen molar-refractivity contribution in [2.24, 2.45) is 0 Å². The first-order chi connectivity index (χ1) is 14.4. The van der Waals surface area contributed by atoms with Crippen molar-refractivity contribution in [2.75, 3.05) is 11.9 Å². The van der Waals surface area contributed by atoms with Crippen LogP contribution >= 0.6 is 0 Å². The van der Waals surface area contributed by atoms with Gasteiger partial charge in [0.2, 0.25) is 5.91 Å². The highest BCUT2D eigenvalue weighted by molar-refractivity contribution is 6.01. The molecular formula is C23H19N3O4. The minimum absolute atomic E-state index is 0.0965. The van der Waals surface area contributed by atoms with Crippen molar-refractivity contribution < 1.29 is 14.5 Å². The van der Waals surface area contributed by atoms with Gasteiger partial charge in [0.1, 0.15) is 6.54 Å². The molecule has 150 valence electrons. The van der Waals surface area contributed by atoms with Gasteiger partial charge < -0.3 is 10.2 Å². The molecule has 30 heavy (non-hydrogen) atoms. The van der Waals surface area contributed by atoms with E-state index in [0.717, 1.165) is 16.7 Å². The molecule has 3 aromatic rings. The van der Waals surface area contributed by atoms with Crippen LogP contribution in [0.5, 0.6) is 0 Å². The second kappa shape index (κ2) is 7.79. The fourth-order valence-corrected chi connectivity index (χ4v) is 3.70. The van der Waals surface area contributed by atoms with Crippen molar-refractivity contribution in [2.45, 2.75) is 13.0 Å². The lowest BCUT2D eigenvalue weighted by Crippen LogP contribution is -2.39. The maximum absolute atomic E-state index is 13.4. The predicted octanol–water partition coefficient (Wildman–Crippen LogP) is 4.09. The van der Waals surface area contributed by atoms with E-state index in [1.807, 2.05) is 55.5 Å². The van der Waals surface area contributed by atoms with E-state index in [1.165, 1.54) is 29.2 Å². The van der Waals surface area contributed by atoms with Gasteiger partial charge in [0.15, 0.2) is 0 Å². The highest BCUT2D eigenvalue weighted by Gasteiger charge is 2.34. The molecule has 1 heterocycles. The summed E-state index contributed by atoms with van der Waals surface area (Å²) in [5.74, 6) is -0.669. The minimum Gasteiger partial charge on any atom is -0.324 e. The van der Waals surface area contributed by atoms with Gasteiger partial charge in [0.05, 0.1) is 11.0 Å². The zero-order chi connectivity index (χ0) is 21.3. The number of nitro groups is 1. The number of nitrogens with zero attached hydrogens (tertiary/aromatic N) is 2. The lowest BCUT2D eigenvalue weighted by Gasteiger charge is -2.30. The zero-order valence-corrected chi connectivity index (χ0v) is 16.2. The molecule has 1 aliphatic heterocycles. The molecule has 3 aromatic carbocycles. The second-order valence-electron chi connectivity index (χ2n) is 7.19. The Labute approximate surface area is 173 Å². The summed E-state index contributed by atoms with van der Waals surface area (Å²) in [6.07, 6.45) is 0. The Bertz CT molecular complexity index is 1130. The molecule has 0 aromatic heterocycles. The summed E-state index contributed by atoms with van der Waals surface area (Å²) >= 11 is 0. The number of rotatable bonds is 3. The number of nitrogens with one attached hydrogen (secondary N) is 1. The number of nitro benzene ring substituents is 1. The summed E-state index contributed by atoms with van der Waals surface area (Å²) in [5.41, 5.74) is 3.55. The van der Waals surface area contributed by atoms with Crippen LogP contribution in [0.15, 0.2) is 72.8 Å². The molecule has 0 saturated heterocycles. The summed E-state index contributed by atoms with van der Waals surface area (Å²) in [4.78, 5) is 38.0. The third-order valence-electron chi connectivity index (χ3n) is 5.10. The second-order valence-corrected chi connectivity index (χ2v) is 7.19. The van der Waals surface area contributed by atoms with E-state index < -0.39 is 11.0 Å². The number of hydrogen-bond donors (Lipinski definition) is 1. The smallest absolute Gasteiger partial charge is 0.269 e. The Balaban J connectivity index is 1.84. The molecule has 0 aliphatic carbocycles. The van der Waals surface area contributed by atoms with Crippen LogP contribution in [-0.4, -0.2) is 28.2 Å². The standard InChI is InChI=1S/C23H19N3O4/c1-15-7-12-20-19(13-15)22(16-5-3-2-4-6-16)25(14-21(27)24-20)23(28)17-8-10-18(11-9-17)26(29)30/h2-13,22H,14H2,1H3,(H,24,27)/t22-/m0/s1. The Morgan fingerprint density at radius 2 is 1.77 bits per heavy atom. The predicted molar refractivity (Wildman–Crippen MR) is 112 cm³/mol. The number of carbonyl (C=O) groups is 2. The van der Waals surface area contributed by atoms with E-state index in [1.54, 1.807) is 0 Å². The van der Waals surface area contributed by atoms with Crippen molar-refractivity contribution in [1.82, 2.24) is 4.90 Å². The van der Waals surface area contributed by atoms with Gasteiger partial charge in [-0.3, -0.25) is 19.7 Å². The van der Waals surface area contributed by atoms with Crippen LogP contribution in [0.1, 0.15) is 33.1 Å². The minimum atomic E-state index is -0.514. The topological polar surface area (TPSA) is 92.6 Å². The number of benzene rings is 3. The van der Waals surface area contributed by atoms with Gasteiger partial charge in [-0.05, 0) is 30.7 Å². The Kier molecular flexibility index (Phi) is 5.02. The third-order valence-corrected chi connectivity index (χ3v) is 5.10. The van der Waals surface area contributed by atoms with Crippen LogP contribution in [0.4, 0.5) is 11.4 Å². The largest absolute Gasteiger partial charge is 0.324 e. The molecule has 1 aliphatic rings. The first-order valence-corrected chi connectivity index (χ1v) is 9.45. The number of amides is 2. The molecular weight excluding hydrogens is 382 g/mol. The Hall–Kier alpha value is -4.00. The average molecular weight is 401 g/mol. The number of aryl methyl sites for hydroxylation is 1. The van der Waals surface area contributed by atoms with Crippen LogP contribution < -0.4 is 5.32 Å². The van der Waals surface area contributed by atoms with Crippen LogP contribution in [0.2, 0.25) is 0 Å². The molecule has 0 saturated carbocycles. The van der Waals surface area contributed by atoms with E-state index >= 15 is 0 Å². The van der Waals surface area contributed by atoms with E-state index in [4.69, 9.17) is 0 Å². The van der Waals surface area contributed by atoms with Gasteiger partial charge in [-0.15, -0.1) is 0 Å². The molecule has 1 atom stereocenters. The van der Waals surface area contributed by atoms with Crippen molar-refractivity contribution in [3.8, 4) is 0 Å². The molecule has 7 nitrogen and oxygen atoms in total. The Morgan fingerprint density at radius 1 is 1.07 bits per heavy atom. The van der Waals surface area contributed by atoms with Gasteiger partial charge in [-0.2, -0.15) is 0 Å². The highest BCUT2D eigenvalue weighted by atomic mass is 16.6. The van der Waals surface area contributed by atoms with Crippen molar-refractivity contribution in [3.05, 3.63) is 105 Å². The van der Waals surface area contributed by atoms with Crippen molar-refractivity contribution >= 4 is 23.2 Å². The van der Waals surface area contributed by atoms with Crippen LogP contribution in [-0.2, 0) is 4.79 Å². The maximum atomic E-state index is 13.4. The molecule has 0 unspecified atom stereocenters. The summed E-state index contributed by atoms with van der Waals surface area (Å²) in [5, 5.41) is 13.8. The molecule has 0 radical (unpaired) electrons. The third kappa shape index (κ3) is 3.65. The van der Waals surface area contributed by atoms with Gasteiger partial charge in [0.25, 0.3) is 11.6 Å². The number of hydrogen-bond acceptors (Lipinski definition) is 4. The summed E-state index contributed by atoms with van der Waals surface area (Å²) < 4.78 is 0. The van der Waals surface area contributed by atoms with Crippen LogP contribution in [0.25, 0.3) is 0 Å². The lowest BCUT2D eigenvalue weighted by atomic mass is 9.94. The van der Waals surface area contributed by atoms with E-state index in [9.17, 15) is 19.7 Å². The molecule has 1 N–H and O–H groups in total. The van der Waals surface area contributed by atoms with Gasteiger partial charge in [-0.25, -0.2) is 0 Å². The van der Waals surface area contributed by atoms with Crippen molar-refractivity contribution in [1.29, 1.82) is 0 Å². The number of anilines is 1. The van der Waals surface area contributed by atoms with Gasteiger partial charge in [-0.1, -0.05) is 48.0 Å². The first kappa shape index (κ1) is 19.3. The number of non-ortho nitro benzene ring substituents is 1. The lowest BCUT2D eigenvalue weighted by molar-refractivity contribution is -0.384. The monoisotopic (exact) mass is 401 g/mol. The van der Waals surface area contributed by atoms with Gasteiger partial charge in [0, 0.05) is 28.9 Å². The maximum Gasteiger partial charge on any atom is 0.269 e. The van der Waals surface area contributed by atoms with E-state index in [2.05, 4.69) is 5.32 Å². The van der Waals surface area contributed by atoms with Crippen LogP contribution in [0.3, 0.4) is 0 Å². The summed E-state index contributed by atoms with van der Waals surface area (Å²) in [6.45, 7) is 1.82. The fourth-order valence-electron chi connectivity index (χ4n) is 3.70. The van der Waals surface area contributed by atoms with Gasteiger partial charge >= 0.3 is 0 Å². The normalized spacial score (nSPS) is 15.7. The quantitative estimate of drug-likeness (QED) is 0.528. The number of fused-ring (bicyclic) bond motifs is 1. The average Bonchev–Trinajstić information content (AvgIpc) is 2.89. The number of carbonyl (C=O) groups excluding carboxylic acids is 2. The summed E-state index contributed by atoms with van der Waals surface area (Å²) in [7, 11) is 0. The SMILES string of the molecule is Cc1ccc2c(c1)[C@H](c1ccccc1)N(C(=O)c1ccc([N+](=O)[O-])cc1)CC(=O)N2. The Morgan fingerprint density at radius 3 is 2.43 bits per heavy atom.